The molecule has 0 radical (unpaired) electrons. The van der Waals surface area contributed by atoms with Crippen LogP contribution in [0.2, 0.25) is 0 Å². The first-order valence-electron chi connectivity index (χ1n) is 5.34. The van der Waals surface area contributed by atoms with Gasteiger partial charge in [0.1, 0.15) is 5.69 Å². The first-order valence-corrected chi connectivity index (χ1v) is 5.34. The number of anilines is 1. The van der Waals surface area contributed by atoms with Gasteiger partial charge in [-0.15, -0.1) is 0 Å². The van der Waals surface area contributed by atoms with E-state index in [0.29, 0.717) is 5.69 Å². The van der Waals surface area contributed by atoms with Crippen molar-refractivity contribution in [3.05, 3.63) is 24.0 Å². The molecule has 17 heavy (non-hydrogen) atoms. The Bertz CT molecular complexity index is 391. The van der Waals surface area contributed by atoms with Gasteiger partial charge >= 0.3 is 0 Å². The van der Waals surface area contributed by atoms with Crippen molar-refractivity contribution in [3.8, 4) is 0 Å². The quantitative estimate of drug-likeness (QED) is 0.330. The third kappa shape index (κ3) is 3.92. The molecule has 0 unspecified atom stereocenters. The van der Waals surface area contributed by atoms with Crippen molar-refractivity contribution in [2.24, 2.45) is 10.9 Å². The van der Waals surface area contributed by atoms with Gasteiger partial charge < -0.3 is 20.7 Å². The lowest BCUT2D eigenvalue weighted by molar-refractivity contribution is 0.318. The highest BCUT2D eigenvalue weighted by Crippen LogP contribution is 2.12. The van der Waals surface area contributed by atoms with E-state index in [0.717, 1.165) is 18.8 Å². The summed E-state index contributed by atoms with van der Waals surface area (Å²) in [6.07, 6.45) is 1.65. The Balaban J connectivity index is 2.77. The minimum absolute atomic E-state index is 0.0212. The fraction of sp³-hybridized carbons (Fsp3) is 0.455. The summed E-state index contributed by atoms with van der Waals surface area (Å²) in [6, 6.07) is 3.69. The monoisotopic (exact) mass is 237 g/mol. The van der Waals surface area contributed by atoms with E-state index < -0.39 is 0 Å². The van der Waals surface area contributed by atoms with Gasteiger partial charge in [-0.1, -0.05) is 5.16 Å². The fourth-order valence-corrected chi connectivity index (χ4v) is 1.33. The summed E-state index contributed by atoms with van der Waals surface area (Å²) in [5.74, 6) is 0.0212. The molecule has 0 amide bonds. The lowest BCUT2D eigenvalue weighted by atomic mass is 10.3. The summed E-state index contributed by atoms with van der Waals surface area (Å²) in [5, 5.41) is 11.5. The number of nitrogens with two attached hydrogens (primary N) is 1. The Kier molecular flexibility index (Phi) is 4.71. The van der Waals surface area contributed by atoms with Gasteiger partial charge in [0.2, 0.25) is 0 Å². The zero-order valence-electron chi connectivity index (χ0n) is 10.5. The Morgan fingerprint density at radius 3 is 2.71 bits per heavy atom. The maximum absolute atomic E-state index is 8.60. The molecule has 6 heteroatoms. The molecule has 6 nitrogen and oxygen atoms in total. The average Bonchev–Trinajstić information content (AvgIpc) is 2.35. The highest BCUT2D eigenvalue weighted by molar-refractivity contribution is 5.95. The number of rotatable bonds is 5. The molecular formula is C11H19N5O. The third-order valence-corrected chi connectivity index (χ3v) is 2.44. The van der Waals surface area contributed by atoms with E-state index in [1.54, 1.807) is 12.3 Å². The molecule has 0 aliphatic heterocycles. The van der Waals surface area contributed by atoms with Gasteiger partial charge in [0.25, 0.3) is 0 Å². The summed E-state index contributed by atoms with van der Waals surface area (Å²) in [5.41, 5.74) is 6.96. The summed E-state index contributed by atoms with van der Waals surface area (Å²) in [4.78, 5) is 8.24. The smallest absolute Gasteiger partial charge is 0.188 e. The van der Waals surface area contributed by atoms with Crippen molar-refractivity contribution in [3.63, 3.8) is 0 Å². The number of amidine groups is 1. The van der Waals surface area contributed by atoms with E-state index in [4.69, 9.17) is 10.9 Å². The van der Waals surface area contributed by atoms with Crippen molar-refractivity contribution in [2.45, 2.75) is 0 Å². The molecule has 1 aromatic rings. The van der Waals surface area contributed by atoms with E-state index in [-0.39, 0.29) is 5.84 Å². The molecule has 1 heterocycles. The third-order valence-electron chi connectivity index (χ3n) is 2.44. The Labute approximate surface area is 101 Å². The molecule has 0 atom stereocenters. The molecule has 0 saturated heterocycles. The van der Waals surface area contributed by atoms with Crippen LogP contribution in [0, 0.1) is 0 Å². The van der Waals surface area contributed by atoms with Gasteiger partial charge in [-0.2, -0.15) is 0 Å². The van der Waals surface area contributed by atoms with Gasteiger partial charge in [-0.25, -0.2) is 0 Å². The van der Waals surface area contributed by atoms with Crippen LogP contribution < -0.4 is 10.6 Å². The highest BCUT2D eigenvalue weighted by atomic mass is 16.4. The van der Waals surface area contributed by atoms with E-state index in [1.807, 2.05) is 27.2 Å². The molecule has 0 bridgehead atoms. The second kappa shape index (κ2) is 6.05. The summed E-state index contributed by atoms with van der Waals surface area (Å²) < 4.78 is 0. The minimum Gasteiger partial charge on any atom is -0.409 e. The van der Waals surface area contributed by atoms with Crippen molar-refractivity contribution in [1.29, 1.82) is 0 Å². The first kappa shape index (κ1) is 13.2. The van der Waals surface area contributed by atoms with Crippen LogP contribution in [-0.2, 0) is 0 Å². The van der Waals surface area contributed by atoms with Gasteiger partial charge in [-0.3, -0.25) is 4.98 Å². The topological polar surface area (TPSA) is 78.0 Å². The Hall–Kier alpha value is -1.82. The van der Waals surface area contributed by atoms with E-state index in [1.165, 1.54) is 0 Å². The van der Waals surface area contributed by atoms with Crippen LogP contribution in [0.25, 0.3) is 0 Å². The summed E-state index contributed by atoms with van der Waals surface area (Å²) in [6.45, 7) is 1.85. The summed E-state index contributed by atoms with van der Waals surface area (Å²) in [7, 11) is 6.05. The average molecular weight is 237 g/mol. The standard InChI is InChI=1S/C11H19N5O/c1-15(2)6-7-16(3)9-4-5-13-10(8-9)11(12)14-17/h4-5,8,17H,6-7H2,1-3H3,(H2,12,14). The molecule has 0 aliphatic rings. The van der Waals surface area contributed by atoms with Crippen LogP contribution in [0.1, 0.15) is 5.69 Å². The maximum atomic E-state index is 8.60. The van der Waals surface area contributed by atoms with Gasteiger partial charge in [0.05, 0.1) is 0 Å². The molecule has 0 saturated carbocycles. The SMILES string of the molecule is CN(C)CCN(C)c1ccnc(C(N)=NO)c1. The molecule has 0 aliphatic carbocycles. The van der Waals surface area contributed by atoms with Crippen LogP contribution in [0.3, 0.4) is 0 Å². The summed E-state index contributed by atoms with van der Waals surface area (Å²) >= 11 is 0. The molecule has 1 rings (SSSR count). The molecule has 0 spiro atoms. The lowest BCUT2D eigenvalue weighted by Gasteiger charge is -2.21. The van der Waals surface area contributed by atoms with Crippen LogP contribution in [0.15, 0.2) is 23.5 Å². The van der Waals surface area contributed by atoms with Gasteiger partial charge in [0, 0.05) is 32.0 Å². The zero-order chi connectivity index (χ0) is 12.8. The van der Waals surface area contributed by atoms with Crippen molar-refractivity contribution in [1.82, 2.24) is 9.88 Å². The second-order valence-corrected chi connectivity index (χ2v) is 4.11. The Morgan fingerprint density at radius 2 is 2.12 bits per heavy atom. The van der Waals surface area contributed by atoms with Crippen molar-refractivity contribution in [2.75, 3.05) is 39.1 Å². The Morgan fingerprint density at radius 1 is 1.41 bits per heavy atom. The molecule has 0 fully saturated rings. The van der Waals surface area contributed by atoms with E-state index in [2.05, 4.69) is 19.9 Å². The van der Waals surface area contributed by atoms with Crippen molar-refractivity contribution >= 4 is 11.5 Å². The second-order valence-electron chi connectivity index (χ2n) is 4.11. The normalized spacial score (nSPS) is 11.9. The van der Waals surface area contributed by atoms with E-state index >= 15 is 0 Å². The predicted molar refractivity (Wildman–Crippen MR) is 68.6 cm³/mol. The fourth-order valence-electron chi connectivity index (χ4n) is 1.33. The molecule has 3 N–H and O–H groups in total. The number of pyridine rings is 1. The molecule has 1 aromatic heterocycles. The number of likely N-dealkylation sites (N-methyl/N-ethyl adjacent to an activating group) is 2. The largest absolute Gasteiger partial charge is 0.409 e. The first-order chi connectivity index (χ1) is 8.04. The maximum Gasteiger partial charge on any atom is 0.188 e. The zero-order valence-corrected chi connectivity index (χ0v) is 10.5. The van der Waals surface area contributed by atoms with Gasteiger partial charge in [-0.05, 0) is 26.2 Å². The van der Waals surface area contributed by atoms with Crippen LogP contribution in [0.5, 0.6) is 0 Å². The van der Waals surface area contributed by atoms with Crippen molar-refractivity contribution < 1.29 is 5.21 Å². The molecular weight excluding hydrogens is 218 g/mol. The highest BCUT2D eigenvalue weighted by Gasteiger charge is 2.05. The number of hydrogen-bond acceptors (Lipinski definition) is 5. The number of nitrogens with zero attached hydrogens (tertiary/aromatic N) is 4. The number of aromatic nitrogens is 1. The van der Waals surface area contributed by atoms with Crippen LogP contribution >= 0.6 is 0 Å². The lowest BCUT2D eigenvalue weighted by Crippen LogP contribution is -2.28. The molecule has 0 aromatic carbocycles. The van der Waals surface area contributed by atoms with Crippen LogP contribution in [-0.4, -0.2) is 55.2 Å². The predicted octanol–water partition coefficient (Wildman–Crippen LogP) is 0.174. The van der Waals surface area contributed by atoms with E-state index in [9.17, 15) is 0 Å². The van der Waals surface area contributed by atoms with Crippen LogP contribution in [0.4, 0.5) is 5.69 Å². The number of hydrogen-bond donors (Lipinski definition) is 2. The number of oxime groups is 1. The minimum atomic E-state index is 0.0212. The van der Waals surface area contributed by atoms with Gasteiger partial charge in [0.15, 0.2) is 5.84 Å². The molecule has 94 valence electrons.